The highest BCUT2D eigenvalue weighted by Crippen LogP contribution is 2.37. The molecule has 0 spiro atoms. The molecule has 12 heteroatoms. The van der Waals surface area contributed by atoms with E-state index in [1.54, 1.807) is 50.4 Å². The van der Waals surface area contributed by atoms with Gasteiger partial charge in [-0.3, -0.25) is 4.48 Å². The predicted octanol–water partition coefficient (Wildman–Crippen LogP) is 5.18. The molecule has 0 aromatic heterocycles. The number of nitrogens with one attached hydrogen (secondary N) is 2. The zero-order valence-electron chi connectivity index (χ0n) is 27.1. The fraction of sp³-hybridized carbons (Fsp3) is 0.314. The summed E-state index contributed by atoms with van der Waals surface area (Å²) in [5.74, 6) is 0.0256. The number of carbonyl (C=O) groups excluding carboxylic acids is 2. The highest BCUT2D eigenvalue weighted by molar-refractivity contribution is 7.89. The predicted molar refractivity (Wildman–Crippen MR) is 181 cm³/mol. The Hall–Kier alpha value is -4.49. The maximum atomic E-state index is 14.2. The van der Waals surface area contributed by atoms with Gasteiger partial charge in [0, 0.05) is 18.4 Å². The van der Waals surface area contributed by atoms with Gasteiger partial charge in [-0.1, -0.05) is 49.4 Å². The van der Waals surface area contributed by atoms with Crippen molar-refractivity contribution in [3.8, 4) is 11.5 Å². The Morgan fingerprint density at radius 3 is 2.36 bits per heavy atom. The molecule has 3 N–H and O–H groups in total. The summed E-state index contributed by atoms with van der Waals surface area (Å²) in [6, 6.07) is 23.3. The van der Waals surface area contributed by atoms with Crippen molar-refractivity contribution in [3.63, 3.8) is 0 Å². The lowest BCUT2D eigenvalue weighted by molar-refractivity contribution is -0.857. The third-order valence-corrected chi connectivity index (χ3v) is 10.8. The lowest BCUT2D eigenvalue weighted by Crippen LogP contribution is -2.61. The average Bonchev–Trinajstić information content (AvgIpc) is 3.07. The molecule has 0 bridgehead atoms. The summed E-state index contributed by atoms with van der Waals surface area (Å²) in [5.41, 5.74) is 1.07. The van der Waals surface area contributed by atoms with E-state index in [0.717, 1.165) is 10.8 Å². The van der Waals surface area contributed by atoms with Gasteiger partial charge >= 0.3 is 11.9 Å². The number of likely N-dealkylation sites (N-methyl/N-ethyl adjacent to an activating group) is 2. The third-order valence-electron chi connectivity index (χ3n) is 9.01. The van der Waals surface area contributed by atoms with Gasteiger partial charge in [-0.2, -0.15) is 4.31 Å². The van der Waals surface area contributed by atoms with E-state index in [1.165, 1.54) is 30.6 Å². The van der Waals surface area contributed by atoms with Gasteiger partial charge in [-0.15, -0.1) is 0 Å². The molecule has 4 aromatic carbocycles. The lowest BCUT2D eigenvalue weighted by atomic mass is 9.97. The zero-order chi connectivity index (χ0) is 33.9. The van der Waals surface area contributed by atoms with Crippen molar-refractivity contribution in [3.05, 3.63) is 90.5 Å². The molecule has 47 heavy (non-hydrogen) atoms. The van der Waals surface area contributed by atoms with Gasteiger partial charge in [-0.25, -0.2) is 18.0 Å². The number of urea groups is 1. The van der Waals surface area contributed by atoms with Crippen LogP contribution in [0.5, 0.6) is 11.5 Å². The van der Waals surface area contributed by atoms with Crippen molar-refractivity contribution in [2.45, 2.75) is 30.9 Å². The summed E-state index contributed by atoms with van der Waals surface area (Å²) in [6.45, 7) is 3.67. The van der Waals surface area contributed by atoms with Crippen molar-refractivity contribution in [1.82, 2.24) is 4.31 Å². The molecule has 1 aliphatic heterocycles. The van der Waals surface area contributed by atoms with Crippen molar-refractivity contribution < 1.29 is 37.1 Å². The largest absolute Gasteiger partial charge is 0.497 e. The number of ether oxygens (including phenoxy) is 2. The van der Waals surface area contributed by atoms with Crippen LogP contribution in [0.4, 0.5) is 16.2 Å². The number of fused-ring (bicyclic) bond motifs is 2. The summed E-state index contributed by atoms with van der Waals surface area (Å²) >= 11 is 0. The van der Waals surface area contributed by atoms with Crippen LogP contribution < -0.4 is 20.1 Å². The van der Waals surface area contributed by atoms with Gasteiger partial charge in [0.15, 0.2) is 5.75 Å². The zero-order valence-corrected chi connectivity index (χ0v) is 28.0. The van der Waals surface area contributed by atoms with E-state index < -0.39 is 28.2 Å². The average molecular weight is 662 g/mol. The number of sulfonamides is 1. The van der Waals surface area contributed by atoms with Gasteiger partial charge in [0.05, 0.1) is 50.1 Å². The number of benzene rings is 4. The van der Waals surface area contributed by atoms with Crippen LogP contribution in [0.2, 0.25) is 0 Å². The third kappa shape index (κ3) is 6.82. The minimum Gasteiger partial charge on any atom is -0.497 e. The Labute approximate surface area is 275 Å². The first-order valence-electron chi connectivity index (χ1n) is 15.4. The summed E-state index contributed by atoms with van der Waals surface area (Å²) < 4.78 is 40.0. The number of rotatable bonds is 9. The molecule has 4 aromatic rings. The first-order valence-corrected chi connectivity index (χ1v) is 16.8. The minimum absolute atomic E-state index is 0.0484. The molecule has 1 aliphatic rings. The summed E-state index contributed by atoms with van der Waals surface area (Å²) in [6.07, 6.45) is -0.729. The molecule has 1 heterocycles. The van der Waals surface area contributed by atoms with Gasteiger partial charge in [0.1, 0.15) is 23.5 Å². The quantitative estimate of drug-likeness (QED) is 0.211. The smallest absolute Gasteiger partial charge is 0.349 e. The molecule has 3 amide bonds. The normalized spacial score (nSPS) is 20.4. The topological polar surface area (TPSA) is 134 Å². The first-order chi connectivity index (χ1) is 22.4. The molecule has 0 fully saturated rings. The van der Waals surface area contributed by atoms with Gasteiger partial charge in [0.2, 0.25) is 10.0 Å². The van der Waals surface area contributed by atoms with Crippen LogP contribution >= 0.6 is 0 Å². The molecule has 0 aliphatic carbocycles. The van der Waals surface area contributed by atoms with Crippen LogP contribution in [0, 0.1) is 5.92 Å². The fourth-order valence-corrected chi connectivity index (χ4v) is 7.12. The van der Waals surface area contributed by atoms with Crippen LogP contribution in [-0.4, -0.2) is 87.3 Å². The number of aliphatic hydroxyl groups excluding tert-OH is 1. The summed E-state index contributed by atoms with van der Waals surface area (Å²) in [7, 11) is 0.824. The van der Waals surface area contributed by atoms with E-state index in [9.17, 15) is 23.1 Å². The standard InChI is InChI=1S/C35H40N4O7S/c1-23-21-39(4,24(2)22-40)34(41)29-13-9-15-31(37-35(42)36-30-14-8-11-25-10-6-7-12-28(25)30)33(29)46-32(23)20-38(3)47(43,44)27-18-16-26(45-5)17-19-27/h6-19,23-24,32,40H,20-22H2,1-5H3,(H-,36,37,42)/p+1. The molecular formula is C35H41N4O7S+. The second-order valence-corrected chi connectivity index (χ2v) is 14.2. The van der Waals surface area contributed by atoms with E-state index in [4.69, 9.17) is 9.47 Å². The minimum atomic E-state index is -3.92. The van der Waals surface area contributed by atoms with E-state index in [2.05, 4.69) is 10.6 Å². The Balaban J connectivity index is 1.50. The van der Waals surface area contributed by atoms with Crippen LogP contribution in [0.25, 0.3) is 10.8 Å². The van der Waals surface area contributed by atoms with Crippen LogP contribution in [0.1, 0.15) is 24.2 Å². The Bertz CT molecular complexity index is 1880. The second kappa shape index (κ2) is 13.7. The molecule has 5 rings (SSSR count). The van der Waals surface area contributed by atoms with Crippen molar-refractivity contribution in [2.75, 3.05) is 51.5 Å². The number of nitrogens with zero attached hydrogens (tertiary/aromatic N) is 2. The van der Waals surface area contributed by atoms with Gasteiger partial charge < -0.3 is 25.2 Å². The van der Waals surface area contributed by atoms with E-state index in [1.807, 2.05) is 43.3 Å². The van der Waals surface area contributed by atoms with Crippen molar-refractivity contribution in [2.24, 2.45) is 5.92 Å². The fourth-order valence-electron chi connectivity index (χ4n) is 5.94. The number of hydrogen-bond donors (Lipinski definition) is 3. The highest BCUT2D eigenvalue weighted by Gasteiger charge is 2.45. The maximum absolute atomic E-state index is 14.2. The van der Waals surface area contributed by atoms with E-state index in [-0.39, 0.29) is 57.9 Å². The van der Waals surface area contributed by atoms with Crippen LogP contribution in [0.3, 0.4) is 0 Å². The molecule has 11 nitrogen and oxygen atoms in total. The number of para-hydroxylation sites is 1. The van der Waals surface area contributed by atoms with Crippen molar-refractivity contribution in [1.29, 1.82) is 0 Å². The highest BCUT2D eigenvalue weighted by atomic mass is 32.2. The number of quaternary nitrogens is 1. The van der Waals surface area contributed by atoms with Gasteiger partial charge in [-0.05, 0) is 54.8 Å². The second-order valence-electron chi connectivity index (χ2n) is 12.2. The Morgan fingerprint density at radius 2 is 1.66 bits per heavy atom. The first kappa shape index (κ1) is 33.9. The molecule has 4 atom stereocenters. The van der Waals surface area contributed by atoms with Crippen LogP contribution in [0.15, 0.2) is 89.8 Å². The van der Waals surface area contributed by atoms with Crippen LogP contribution in [-0.2, 0) is 10.0 Å². The van der Waals surface area contributed by atoms with Crippen molar-refractivity contribution >= 4 is 44.1 Å². The van der Waals surface area contributed by atoms with E-state index in [0.29, 0.717) is 11.4 Å². The summed E-state index contributed by atoms with van der Waals surface area (Å²) in [4.78, 5) is 27.7. The number of aliphatic hydroxyl groups is 1. The monoisotopic (exact) mass is 661 g/mol. The molecule has 0 radical (unpaired) electrons. The number of carbonyl (C=O) groups is 2. The molecule has 4 unspecified atom stereocenters. The number of methoxy groups -OCH3 is 1. The maximum Gasteiger partial charge on any atom is 0.349 e. The number of amides is 3. The number of hydrogen-bond acceptors (Lipinski definition) is 7. The molecule has 0 saturated carbocycles. The van der Waals surface area contributed by atoms with E-state index >= 15 is 0 Å². The molecule has 0 saturated heterocycles. The lowest BCUT2D eigenvalue weighted by Gasteiger charge is -2.42. The summed E-state index contributed by atoms with van der Waals surface area (Å²) in [5, 5.41) is 17.7. The molecular weight excluding hydrogens is 620 g/mol. The Morgan fingerprint density at radius 1 is 1.02 bits per heavy atom. The number of anilines is 2. The SMILES string of the molecule is COc1ccc(S(=O)(=O)N(C)CC2Oc3c(NC(=O)Nc4cccc5ccccc45)cccc3C(=O)[N+](C)(C(C)CO)CC2C)cc1. The molecule has 248 valence electrons. The van der Waals surface area contributed by atoms with Gasteiger partial charge in [0.25, 0.3) is 0 Å². The Kier molecular flexibility index (Phi) is 9.87.